The number of rotatable bonds is 7. The molecule has 0 aliphatic heterocycles. The predicted molar refractivity (Wildman–Crippen MR) is 87.0 cm³/mol. The van der Waals surface area contributed by atoms with Gasteiger partial charge in [0.2, 0.25) is 0 Å². The van der Waals surface area contributed by atoms with Gasteiger partial charge in [0.25, 0.3) is 0 Å². The summed E-state index contributed by atoms with van der Waals surface area (Å²) in [6, 6.07) is 5.73. The van der Waals surface area contributed by atoms with E-state index in [-0.39, 0.29) is 12.1 Å². The van der Waals surface area contributed by atoms with Crippen molar-refractivity contribution in [3.8, 4) is 11.5 Å². The van der Waals surface area contributed by atoms with E-state index in [1.807, 2.05) is 37.3 Å². The Kier molecular flexibility index (Phi) is 6.72. The molecule has 2 N–H and O–H groups in total. The average Bonchev–Trinajstić information content (AvgIpc) is 2.43. The van der Waals surface area contributed by atoms with Gasteiger partial charge in [-0.05, 0) is 45.4 Å². The maximum absolute atomic E-state index is 9.94. The lowest BCUT2D eigenvalue weighted by atomic mass is 10.1. The zero-order valence-electron chi connectivity index (χ0n) is 13.6. The van der Waals surface area contributed by atoms with Gasteiger partial charge in [-0.2, -0.15) is 0 Å². The number of nitrogens with one attached hydrogen (secondary N) is 1. The summed E-state index contributed by atoms with van der Waals surface area (Å²) in [5.41, 5.74) is 1.03. The van der Waals surface area contributed by atoms with Crippen molar-refractivity contribution < 1.29 is 14.6 Å². The first-order valence-electron chi connectivity index (χ1n) is 7.22. The lowest BCUT2D eigenvalue weighted by Crippen LogP contribution is -2.42. The molecule has 0 bridgehead atoms. The van der Waals surface area contributed by atoms with E-state index in [0.29, 0.717) is 18.0 Å². The molecule has 0 aliphatic carbocycles. The topological polar surface area (TPSA) is 50.7 Å². The van der Waals surface area contributed by atoms with Crippen LogP contribution in [0.25, 0.3) is 6.08 Å². The summed E-state index contributed by atoms with van der Waals surface area (Å²) in [5.74, 6) is 1.31. The number of methoxy groups -OCH3 is 1. The highest BCUT2D eigenvalue weighted by molar-refractivity contribution is 5.55. The predicted octanol–water partition coefficient (Wildman–Crippen LogP) is 2.86. The van der Waals surface area contributed by atoms with Gasteiger partial charge in [-0.3, -0.25) is 0 Å². The molecule has 0 spiro atoms. The fourth-order valence-corrected chi connectivity index (χ4v) is 1.77. The van der Waals surface area contributed by atoms with E-state index >= 15 is 0 Å². The van der Waals surface area contributed by atoms with Gasteiger partial charge in [0.1, 0.15) is 12.7 Å². The molecule has 4 heteroatoms. The highest BCUT2D eigenvalue weighted by atomic mass is 16.5. The molecule has 4 nitrogen and oxygen atoms in total. The molecule has 118 valence electrons. The van der Waals surface area contributed by atoms with Crippen molar-refractivity contribution in [2.75, 3.05) is 20.3 Å². The molecule has 0 aromatic heterocycles. The molecule has 0 fully saturated rings. The van der Waals surface area contributed by atoms with Crippen LogP contribution >= 0.6 is 0 Å². The molecule has 0 unspecified atom stereocenters. The SMILES string of the molecule is C/C=C/c1ccc(OC[C@@H](O)CNC(C)(C)C)c(OC)c1. The summed E-state index contributed by atoms with van der Waals surface area (Å²) in [5, 5.41) is 13.2. The molecule has 0 aliphatic rings. The second-order valence-electron chi connectivity index (χ2n) is 6.01. The van der Waals surface area contributed by atoms with Gasteiger partial charge in [-0.1, -0.05) is 18.2 Å². The van der Waals surface area contributed by atoms with Crippen molar-refractivity contribution in [3.63, 3.8) is 0 Å². The van der Waals surface area contributed by atoms with Crippen LogP contribution in [0.3, 0.4) is 0 Å². The molecule has 0 saturated heterocycles. The Morgan fingerprint density at radius 3 is 2.57 bits per heavy atom. The molecule has 1 aromatic carbocycles. The summed E-state index contributed by atoms with van der Waals surface area (Å²) in [6.07, 6.45) is 3.40. The van der Waals surface area contributed by atoms with Gasteiger partial charge in [0.05, 0.1) is 7.11 Å². The molecule has 0 amide bonds. The molecule has 0 heterocycles. The Balaban J connectivity index is 2.58. The highest BCUT2D eigenvalue weighted by Crippen LogP contribution is 2.28. The van der Waals surface area contributed by atoms with Crippen molar-refractivity contribution in [2.24, 2.45) is 0 Å². The minimum Gasteiger partial charge on any atom is -0.493 e. The lowest BCUT2D eigenvalue weighted by Gasteiger charge is -2.23. The average molecular weight is 293 g/mol. The van der Waals surface area contributed by atoms with Crippen LogP contribution in [0.5, 0.6) is 11.5 Å². The fraction of sp³-hybridized carbons (Fsp3) is 0.529. The second-order valence-corrected chi connectivity index (χ2v) is 6.01. The minimum absolute atomic E-state index is 0.0210. The Hall–Kier alpha value is -1.52. The van der Waals surface area contributed by atoms with Crippen molar-refractivity contribution in [1.29, 1.82) is 0 Å². The van der Waals surface area contributed by atoms with E-state index in [1.165, 1.54) is 0 Å². The van der Waals surface area contributed by atoms with Crippen molar-refractivity contribution >= 4 is 6.08 Å². The molecule has 0 saturated carbocycles. The Bertz CT molecular complexity index is 464. The van der Waals surface area contributed by atoms with Crippen LogP contribution in [0.2, 0.25) is 0 Å². The van der Waals surface area contributed by atoms with Gasteiger partial charge >= 0.3 is 0 Å². The van der Waals surface area contributed by atoms with Gasteiger partial charge < -0.3 is 19.9 Å². The molecule has 1 aromatic rings. The smallest absolute Gasteiger partial charge is 0.161 e. The zero-order chi connectivity index (χ0) is 15.9. The number of hydrogen-bond acceptors (Lipinski definition) is 4. The van der Waals surface area contributed by atoms with Crippen LogP contribution in [-0.2, 0) is 0 Å². The van der Waals surface area contributed by atoms with Crippen LogP contribution in [0, 0.1) is 0 Å². The largest absolute Gasteiger partial charge is 0.493 e. The van der Waals surface area contributed by atoms with Crippen molar-refractivity contribution in [2.45, 2.75) is 39.3 Å². The molecular weight excluding hydrogens is 266 g/mol. The molecule has 0 radical (unpaired) electrons. The van der Waals surface area contributed by atoms with Gasteiger partial charge in [-0.15, -0.1) is 0 Å². The molecule has 1 rings (SSSR count). The van der Waals surface area contributed by atoms with E-state index in [2.05, 4.69) is 26.1 Å². The first-order valence-corrected chi connectivity index (χ1v) is 7.22. The summed E-state index contributed by atoms with van der Waals surface area (Å²) in [7, 11) is 1.61. The number of aliphatic hydroxyl groups excluding tert-OH is 1. The number of aliphatic hydroxyl groups is 1. The Morgan fingerprint density at radius 1 is 1.29 bits per heavy atom. The maximum Gasteiger partial charge on any atom is 0.161 e. The first-order chi connectivity index (χ1) is 9.85. The summed E-state index contributed by atoms with van der Waals surface area (Å²) >= 11 is 0. The number of benzene rings is 1. The van der Waals surface area contributed by atoms with E-state index < -0.39 is 6.10 Å². The third kappa shape index (κ3) is 6.65. The monoisotopic (exact) mass is 293 g/mol. The van der Waals surface area contributed by atoms with E-state index in [9.17, 15) is 5.11 Å². The van der Waals surface area contributed by atoms with Crippen LogP contribution < -0.4 is 14.8 Å². The Labute approximate surface area is 127 Å². The van der Waals surface area contributed by atoms with E-state index in [1.54, 1.807) is 7.11 Å². The molecule has 1 atom stereocenters. The fourth-order valence-electron chi connectivity index (χ4n) is 1.77. The van der Waals surface area contributed by atoms with Gasteiger partial charge in [0.15, 0.2) is 11.5 Å². The maximum atomic E-state index is 9.94. The number of ether oxygens (including phenoxy) is 2. The van der Waals surface area contributed by atoms with Crippen LogP contribution in [-0.4, -0.2) is 37.0 Å². The van der Waals surface area contributed by atoms with E-state index in [4.69, 9.17) is 9.47 Å². The standard InChI is InChI=1S/C17H27NO3/c1-6-7-13-8-9-15(16(10-13)20-5)21-12-14(19)11-18-17(2,3)4/h6-10,14,18-19H,11-12H2,1-5H3/b7-6+/t14-/m0/s1. The quantitative estimate of drug-likeness (QED) is 0.811. The molecule has 21 heavy (non-hydrogen) atoms. The molecular formula is C17H27NO3. The Morgan fingerprint density at radius 2 is 2.00 bits per heavy atom. The van der Waals surface area contributed by atoms with Crippen LogP contribution in [0.4, 0.5) is 0 Å². The van der Waals surface area contributed by atoms with E-state index in [0.717, 1.165) is 5.56 Å². The number of β-amino-alcohol motifs (C(OH)–C–C–N with tert-alkyl or cyclic N) is 1. The third-order valence-corrected chi connectivity index (χ3v) is 2.85. The second kappa shape index (κ2) is 8.05. The third-order valence-electron chi connectivity index (χ3n) is 2.85. The highest BCUT2D eigenvalue weighted by Gasteiger charge is 2.13. The van der Waals surface area contributed by atoms with Crippen LogP contribution in [0.15, 0.2) is 24.3 Å². The lowest BCUT2D eigenvalue weighted by molar-refractivity contribution is 0.0985. The summed E-state index contributed by atoms with van der Waals surface area (Å²) < 4.78 is 11.0. The van der Waals surface area contributed by atoms with Gasteiger partial charge in [-0.25, -0.2) is 0 Å². The zero-order valence-corrected chi connectivity index (χ0v) is 13.6. The van der Waals surface area contributed by atoms with Gasteiger partial charge in [0, 0.05) is 12.1 Å². The van der Waals surface area contributed by atoms with Crippen LogP contribution in [0.1, 0.15) is 33.3 Å². The summed E-state index contributed by atoms with van der Waals surface area (Å²) in [6.45, 7) is 8.86. The number of hydrogen-bond donors (Lipinski definition) is 2. The first kappa shape index (κ1) is 17.5. The van der Waals surface area contributed by atoms with Crippen molar-refractivity contribution in [3.05, 3.63) is 29.8 Å². The normalized spacial score (nSPS) is 13.4. The summed E-state index contributed by atoms with van der Waals surface area (Å²) in [4.78, 5) is 0. The van der Waals surface area contributed by atoms with Crippen molar-refractivity contribution in [1.82, 2.24) is 5.32 Å². The minimum atomic E-state index is -0.566. The number of allylic oxidation sites excluding steroid dienone is 1.